The molecule has 0 radical (unpaired) electrons. The number of nitrogens with one attached hydrogen (secondary N) is 1. The van der Waals surface area contributed by atoms with Crippen LogP contribution in [0, 0.1) is 0 Å². The highest BCUT2D eigenvalue weighted by atomic mass is 19.4. The van der Waals surface area contributed by atoms with Gasteiger partial charge in [0, 0.05) is 18.0 Å². The number of nitrogens with zero attached hydrogens (tertiary/aromatic N) is 1. The average molecular weight is 356 g/mol. The number of halogens is 3. The second kappa shape index (κ2) is 6.61. The molecule has 1 saturated carbocycles. The maximum atomic E-state index is 13.5. The summed E-state index contributed by atoms with van der Waals surface area (Å²) in [6, 6.07) is 2.33. The summed E-state index contributed by atoms with van der Waals surface area (Å²) in [5.74, 6) is 0.200. The van der Waals surface area contributed by atoms with E-state index in [9.17, 15) is 18.3 Å². The van der Waals surface area contributed by atoms with E-state index in [1.165, 1.54) is 0 Å². The summed E-state index contributed by atoms with van der Waals surface area (Å²) in [4.78, 5) is 4.23. The van der Waals surface area contributed by atoms with Gasteiger partial charge in [-0.15, -0.1) is 0 Å². The molecule has 1 aromatic carbocycles. The average Bonchev–Trinajstić information content (AvgIpc) is 3.11. The number of fused-ring (bicyclic) bond motifs is 1. The molecule has 2 N–H and O–H groups in total. The van der Waals surface area contributed by atoms with Crippen molar-refractivity contribution in [3.63, 3.8) is 0 Å². The van der Waals surface area contributed by atoms with Crippen LogP contribution in [0.15, 0.2) is 16.5 Å². The lowest BCUT2D eigenvalue weighted by molar-refractivity contribution is -0.136. The summed E-state index contributed by atoms with van der Waals surface area (Å²) in [6.45, 7) is 5.45. The van der Waals surface area contributed by atoms with Gasteiger partial charge in [0.1, 0.15) is 11.1 Å². The van der Waals surface area contributed by atoms with Crippen molar-refractivity contribution in [3.8, 4) is 0 Å². The molecule has 3 rings (SSSR count). The van der Waals surface area contributed by atoms with E-state index < -0.39 is 17.8 Å². The second-order valence-electron chi connectivity index (χ2n) is 7.11. The number of alkyl halides is 3. The van der Waals surface area contributed by atoms with Crippen LogP contribution in [0.4, 0.5) is 13.2 Å². The third-order valence-corrected chi connectivity index (χ3v) is 4.77. The molecule has 1 fully saturated rings. The minimum Gasteiger partial charge on any atom is -0.440 e. The van der Waals surface area contributed by atoms with Crippen LogP contribution in [0.2, 0.25) is 0 Å². The molecule has 25 heavy (non-hydrogen) atoms. The first-order valence-electron chi connectivity index (χ1n) is 8.62. The number of aliphatic hydroxyl groups excluding tert-OH is 1. The summed E-state index contributed by atoms with van der Waals surface area (Å²) in [5.41, 5.74) is -0.315. The van der Waals surface area contributed by atoms with Crippen molar-refractivity contribution < 1.29 is 22.7 Å². The third kappa shape index (κ3) is 3.67. The highest BCUT2D eigenvalue weighted by Gasteiger charge is 2.36. The molecule has 0 aliphatic heterocycles. The highest BCUT2D eigenvalue weighted by Crippen LogP contribution is 2.38. The molecule has 138 valence electrons. The molecule has 0 saturated heterocycles. The summed E-state index contributed by atoms with van der Waals surface area (Å²) in [5, 5.41) is 13.2. The Morgan fingerprint density at radius 2 is 1.96 bits per heavy atom. The molecule has 1 aliphatic rings. The van der Waals surface area contributed by atoms with Crippen LogP contribution in [0.5, 0.6) is 0 Å². The van der Waals surface area contributed by atoms with Crippen LogP contribution in [-0.2, 0) is 6.18 Å². The number of hydrogen-bond donors (Lipinski definition) is 2. The number of hydrogen-bond acceptors (Lipinski definition) is 4. The molecule has 0 spiro atoms. The number of rotatable bonds is 4. The quantitative estimate of drug-likeness (QED) is 0.845. The molecular formula is C18H23F3N2O2. The monoisotopic (exact) mass is 356 g/mol. The van der Waals surface area contributed by atoms with Crippen LogP contribution in [0.3, 0.4) is 0 Å². The lowest BCUT2D eigenvalue weighted by Crippen LogP contribution is -2.37. The van der Waals surface area contributed by atoms with Gasteiger partial charge in [-0.3, -0.25) is 0 Å². The van der Waals surface area contributed by atoms with Gasteiger partial charge in [0.25, 0.3) is 0 Å². The zero-order valence-electron chi connectivity index (χ0n) is 14.5. The van der Waals surface area contributed by atoms with Crippen molar-refractivity contribution in [1.29, 1.82) is 0 Å². The van der Waals surface area contributed by atoms with Gasteiger partial charge in [-0.1, -0.05) is 13.8 Å². The van der Waals surface area contributed by atoms with Gasteiger partial charge in [-0.2, -0.15) is 13.2 Å². The van der Waals surface area contributed by atoms with Crippen molar-refractivity contribution in [2.45, 2.75) is 70.3 Å². The van der Waals surface area contributed by atoms with Crippen molar-refractivity contribution in [2.24, 2.45) is 0 Å². The number of aliphatic hydroxyl groups is 1. The Morgan fingerprint density at radius 1 is 1.24 bits per heavy atom. The zero-order chi connectivity index (χ0) is 18.4. The summed E-state index contributed by atoms with van der Waals surface area (Å²) in [7, 11) is 0. The molecule has 0 bridgehead atoms. The first-order valence-corrected chi connectivity index (χ1v) is 8.62. The number of oxazole rings is 1. The number of benzene rings is 1. The Kier molecular flexibility index (Phi) is 4.81. The highest BCUT2D eigenvalue weighted by molar-refractivity contribution is 5.78. The standard InChI is InChI=1S/C18H23F3N2O2/c1-9(2)17-23-14-8-11(7-12(16(14)25-17)18(19,20)21)10(3)22-13-5-4-6-15(13)24/h7-10,13,15,22,24H,4-6H2,1-3H3/t10-,13+,15+/m1/s1. The van der Waals surface area contributed by atoms with Crippen LogP contribution in [0.1, 0.15) is 69.0 Å². The van der Waals surface area contributed by atoms with Crippen molar-refractivity contribution in [1.82, 2.24) is 10.3 Å². The van der Waals surface area contributed by atoms with Gasteiger partial charge >= 0.3 is 6.18 Å². The minimum atomic E-state index is -4.52. The lowest BCUT2D eigenvalue weighted by atomic mass is 10.0. The van der Waals surface area contributed by atoms with E-state index in [0.29, 0.717) is 11.5 Å². The van der Waals surface area contributed by atoms with Gasteiger partial charge in [0.15, 0.2) is 11.5 Å². The Labute approximate surface area is 144 Å². The normalized spacial score (nSPS) is 22.9. The topological polar surface area (TPSA) is 58.3 Å². The van der Waals surface area contributed by atoms with Crippen molar-refractivity contribution in [3.05, 3.63) is 29.2 Å². The third-order valence-electron chi connectivity index (χ3n) is 4.77. The summed E-state index contributed by atoms with van der Waals surface area (Å²) >= 11 is 0. The van der Waals surface area contributed by atoms with Crippen LogP contribution in [0.25, 0.3) is 11.1 Å². The maximum Gasteiger partial charge on any atom is 0.420 e. The van der Waals surface area contributed by atoms with Gasteiger partial charge < -0.3 is 14.8 Å². The van der Waals surface area contributed by atoms with E-state index in [1.807, 2.05) is 13.8 Å². The second-order valence-corrected chi connectivity index (χ2v) is 7.11. The maximum absolute atomic E-state index is 13.5. The van der Waals surface area contributed by atoms with Crippen LogP contribution < -0.4 is 5.32 Å². The Hall–Kier alpha value is -1.60. The number of aromatic nitrogens is 1. The molecule has 1 heterocycles. The van der Waals surface area contributed by atoms with E-state index in [1.54, 1.807) is 13.0 Å². The molecule has 0 amide bonds. The summed E-state index contributed by atoms with van der Waals surface area (Å²) < 4.78 is 45.9. The van der Waals surface area contributed by atoms with E-state index in [0.717, 1.165) is 25.3 Å². The molecule has 1 aromatic heterocycles. The first-order chi connectivity index (χ1) is 11.7. The summed E-state index contributed by atoms with van der Waals surface area (Å²) in [6.07, 6.45) is -2.51. The van der Waals surface area contributed by atoms with Crippen LogP contribution >= 0.6 is 0 Å². The molecule has 0 unspecified atom stereocenters. The van der Waals surface area contributed by atoms with Gasteiger partial charge in [-0.25, -0.2) is 4.98 Å². The SMILES string of the molecule is CC(C)c1nc2cc([C@@H](C)N[C@H]3CCC[C@@H]3O)cc(C(F)(F)F)c2o1. The van der Waals surface area contributed by atoms with E-state index in [4.69, 9.17) is 4.42 Å². The molecule has 2 aromatic rings. The molecule has 7 heteroatoms. The van der Waals surface area contributed by atoms with E-state index in [2.05, 4.69) is 10.3 Å². The molecular weight excluding hydrogens is 333 g/mol. The fourth-order valence-corrected chi connectivity index (χ4v) is 3.33. The Balaban J connectivity index is 2.00. The largest absolute Gasteiger partial charge is 0.440 e. The lowest BCUT2D eigenvalue weighted by Gasteiger charge is -2.23. The predicted molar refractivity (Wildman–Crippen MR) is 88.3 cm³/mol. The fraction of sp³-hybridized carbons (Fsp3) is 0.611. The molecule has 1 aliphatic carbocycles. The van der Waals surface area contributed by atoms with Crippen LogP contribution in [-0.4, -0.2) is 22.2 Å². The van der Waals surface area contributed by atoms with Gasteiger partial charge in [0.05, 0.1) is 6.10 Å². The predicted octanol–water partition coefficient (Wildman–Crippen LogP) is 4.53. The molecule has 3 atom stereocenters. The van der Waals surface area contributed by atoms with Gasteiger partial charge in [-0.05, 0) is 43.9 Å². The van der Waals surface area contributed by atoms with Gasteiger partial charge in [0.2, 0.25) is 0 Å². The fourth-order valence-electron chi connectivity index (χ4n) is 3.33. The Bertz CT molecular complexity index is 755. The van der Waals surface area contributed by atoms with Crippen molar-refractivity contribution in [2.75, 3.05) is 0 Å². The Morgan fingerprint density at radius 3 is 2.52 bits per heavy atom. The minimum absolute atomic E-state index is 0.0939. The van der Waals surface area contributed by atoms with E-state index >= 15 is 0 Å². The first kappa shape index (κ1) is 18.2. The van der Waals surface area contributed by atoms with Crippen molar-refractivity contribution >= 4 is 11.1 Å². The van der Waals surface area contributed by atoms with E-state index in [-0.39, 0.29) is 29.1 Å². The molecule has 4 nitrogen and oxygen atoms in total. The zero-order valence-corrected chi connectivity index (χ0v) is 14.5. The smallest absolute Gasteiger partial charge is 0.420 e.